The molecule has 0 bridgehead atoms. The summed E-state index contributed by atoms with van der Waals surface area (Å²) in [5.41, 5.74) is -0.814. The monoisotopic (exact) mass is 544 g/mol. The maximum atomic E-state index is 13.0. The third kappa shape index (κ3) is 6.56. The highest BCUT2D eigenvalue weighted by Gasteiger charge is 2.58. The molecule has 216 valence electrons. The summed E-state index contributed by atoms with van der Waals surface area (Å²) in [6.45, 7) is 4.78. The first-order valence-electron chi connectivity index (χ1n) is 13.0. The van der Waals surface area contributed by atoms with Crippen LogP contribution in [0.15, 0.2) is 23.5 Å². The van der Waals surface area contributed by atoms with Crippen LogP contribution >= 0.6 is 0 Å². The Kier molecular flexibility index (Phi) is 10.3. The van der Waals surface area contributed by atoms with Gasteiger partial charge in [0.15, 0.2) is 6.29 Å². The van der Waals surface area contributed by atoms with E-state index in [0.717, 1.165) is 12.7 Å². The van der Waals surface area contributed by atoms with E-state index in [9.17, 15) is 35.1 Å². The first-order valence-corrected chi connectivity index (χ1v) is 13.0. The Balaban J connectivity index is 1.79. The lowest BCUT2D eigenvalue weighted by Crippen LogP contribution is -2.61. The van der Waals surface area contributed by atoms with Crippen molar-refractivity contribution in [2.24, 2.45) is 17.8 Å². The van der Waals surface area contributed by atoms with Gasteiger partial charge >= 0.3 is 11.9 Å². The second-order valence-electron chi connectivity index (χ2n) is 10.7. The summed E-state index contributed by atoms with van der Waals surface area (Å²) >= 11 is 0. The number of aliphatic hydroxyl groups excluding tert-OH is 5. The minimum absolute atomic E-state index is 0.00596. The molecular formula is C26H40O12. The number of ether oxygens (including phenoxy) is 4. The number of carbonyl (C=O) groups is 2. The first kappa shape index (κ1) is 30.5. The Morgan fingerprint density at radius 2 is 1.87 bits per heavy atom. The van der Waals surface area contributed by atoms with E-state index in [4.69, 9.17) is 24.1 Å². The molecule has 0 unspecified atom stereocenters. The highest BCUT2D eigenvalue weighted by atomic mass is 16.8. The summed E-state index contributed by atoms with van der Waals surface area (Å²) in [6, 6.07) is 0. The zero-order chi connectivity index (χ0) is 28.2. The summed E-state index contributed by atoms with van der Waals surface area (Å²) in [5, 5.41) is 58.8. The van der Waals surface area contributed by atoms with Gasteiger partial charge in [-0.15, -0.1) is 0 Å². The van der Waals surface area contributed by atoms with Crippen LogP contribution in [0.3, 0.4) is 0 Å². The van der Waals surface area contributed by atoms with Gasteiger partial charge in [0.25, 0.3) is 0 Å². The van der Waals surface area contributed by atoms with Crippen LogP contribution in [0.1, 0.15) is 52.9 Å². The van der Waals surface area contributed by atoms with Crippen LogP contribution in [0.4, 0.5) is 0 Å². The molecule has 10 atom stereocenters. The van der Waals surface area contributed by atoms with Gasteiger partial charge in [-0.3, -0.25) is 0 Å². The van der Waals surface area contributed by atoms with E-state index >= 15 is 0 Å². The van der Waals surface area contributed by atoms with Gasteiger partial charge in [-0.2, -0.15) is 0 Å². The number of hydrogen-bond acceptors (Lipinski definition) is 11. The van der Waals surface area contributed by atoms with Crippen LogP contribution < -0.4 is 0 Å². The highest BCUT2D eigenvalue weighted by molar-refractivity contribution is 5.88. The van der Waals surface area contributed by atoms with E-state index in [-0.39, 0.29) is 12.2 Å². The minimum atomic E-state index is -1.69. The normalized spacial score (nSPS) is 38.1. The van der Waals surface area contributed by atoms with Crippen molar-refractivity contribution in [2.75, 3.05) is 13.2 Å². The van der Waals surface area contributed by atoms with Gasteiger partial charge in [0.1, 0.15) is 30.0 Å². The summed E-state index contributed by atoms with van der Waals surface area (Å²) in [6.07, 6.45) is -3.27. The fourth-order valence-corrected chi connectivity index (χ4v) is 5.43. The van der Waals surface area contributed by atoms with E-state index in [0.29, 0.717) is 37.2 Å². The van der Waals surface area contributed by atoms with Crippen LogP contribution in [-0.4, -0.2) is 98.4 Å². The van der Waals surface area contributed by atoms with Crippen LogP contribution in [0.25, 0.3) is 0 Å². The maximum absolute atomic E-state index is 13.0. The van der Waals surface area contributed by atoms with Crippen molar-refractivity contribution >= 4 is 11.9 Å². The van der Waals surface area contributed by atoms with Gasteiger partial charge in [-0.25, -0.2) is 9.59 Å². The molecule has 2 fully saturated rings. The molecule has 38 heavy (non-hydrogen) atoms. The van der Waals surface area contributed by atoms with Gasteiger partial charge in [0.2, 0.25) is 6.29 Å². The van der Waals surface area contributed by atoms with Crippen LogP contribution in [-0.2, 0) is 28.5 Å². The van der Waals surface area contributed by atoms with Gasteiger partial charge in [0, 0.05) is 18.1 Å². The fourth-order valence-electron chi connectivity index (χ4n) is 5.43. The van der Waals surface area contributed by atoms with Gasteiger partial charge in [0.05, 0.1) is 24.4 Å². The zero-order valence-electron chi connectivity index (χ0n) is 21.9. The summed E-state index contributed by atoms with van der Waals surface area (Å²) in [4.78, 5) is 24.9. The van der Waals surface area contributed by atoms with E-state index in [1.165, 1.54) is 0 Å². The third-order valence-corrected chi connectivity index (χ3v) is 7.86. The third-order valence-electron chi connectivity index (χ3n) is 7.86. The Hall–Kier alpha value is -2.06. The number of carboxylic acid groups (broad SMARTS) is 1. The second-order valence-corrected chi connectivity index (χ2v) is 10.7. The van der Waals surface area contributed by atoms with Crippen LogP contribution in [0.2, 0.25) is 0 Å². The Bertz CT molecular complexity index is 901. The Morgan fingerprint density at radius 1 is 1.16 bits per heavy atom. The number of fused-ring (bicyclic) bond motifs is 1. The molecule has 3 rings (SSSR count). The van der Waals surface area contributed by atoms with Gasteiger partial charge in [-0.1, -0.05) is 13.0 Å². The van der Waals surface area contributed by atoms with Crippen molar-refractivity contribution < 1.29 is 59.2 Å². The van der Waals surface area contributed by atoms with Gasteiger partial charge < -0.3 is 49.6 Å². The quantitative estimate of drug-likeness (QED) is 0.153. The molecule has 3 aliphatic rings. The smallest absolute Gasteiger partial charge is 0.334 e. The largest absolute Gasteiger partial charge is 0.478 e. The molecule has 0 spiro atoms. The van der Waals surface area contributed by atoms with E-state index in [2.05, 4.69) is 0 Å². The van der Waals surface area contributed by atoms with Gasteiger partial charge in [-0.05, 0) is 51.9 Å². The molecule has 0 amide bonds. The lowest BCUT2D eigenvalue weighted by atomic mass is 9.81. The molecule has 1 saturated heterocycles. The molecule has 0 aromatic heterocycles. The number of carbonyl (C=O) groups excluding carboxylic acids is 1. The van der Waals surface area contributed by atoms with E-state index in [1.807, 2.05) is 6.92 Å². The lowest BCUT2D eigenvalue weighted by molar-refractivity contribution is -0.346. The standard InChI is InChI=1S/C26H40O12/c1-13(8-10-27)5-4-6-14(2)23(34)38-26(3)9-7-15-16(22(32)33)12-35-24(18(15)26)37-25-21(31)20(30)19(29)17(11-28)36-25/h6,12-13,15,17-21,24-25,27-31H,4-5,7-11H2,1-3H3,(H,32,33)/b14-6+/t13-,15+,17-,18+,19-,20+,21-,24-,25+,26-/m0/s1. The van der Waals surface area contributed by atoms with Crippen LogP contribution in [0, 0.1) is 17.8 Å². The van der Waals surface area contributed by atoms with Crippen molar-refractivity contribution in [1.82, 2.24) is 0 Å². The molecule has 2 heterocycles. The predicted octanol–water partition coefficient (Wildman–Crippen LogP) is 0.201. The van der Waals surface area contributed by atoms with Crippen LogP contribution in [0.5, 0.6) is 0 Å². The molecular weight excluding hydrogens is 504 g/mol. The Morgan fingerprint density at radius 3 is 2.50 bits per heavy atom. The Labute approximate surface area is 221 Å². The molecule has 0 aromatic rings. The number of esters is 1. The fraction of sp³-hybridized carbons (Fsp3) is 0.769. The van der Waals surface area contributed by atoms with Crippen molar-refractivity contribution in [1.29, 1.82) is 0 Å². The minimum Gasteiger partial charge on any atom is -0.478 e. The van der Waals surface area contributed by atoms with Crippen molar-refractivity contribution in [3.8, 4) is 0 Å². The number of aliphatic hydroxyl groups is 5. The lowest BCUT2D eigenvalue weighted by Gasteiger charge is -2.44. The number of allylic oxidation sites excluding steroid dienone is 1. The average Bonchev–Trinajstić information content (AvgIpc) is 3.21. The SMILES string of the molecule is C/C(=C\CC[C@H](C)CCO)C(=O)O[C@@]1(C)CC[C@@H]2C(C(=O)O)=CO[C@@H](O[C@H]3O[C@@H](CO)[C@H](O)[C@@H](O)[C@@H]3O)[C@@H]21. The van der Waals surface area contributed by atoms with E-state index < -0.39 is 73.0 Å². The molecule has 12 nitrogen and oxygen atoms in total. The predicted molar refractivity (Wildman–Crippen MR) is 130 cm³/mol. The zero-order valence-corrected chi connectivity index (χ0v) is 21.9. The van der Waals surface area contributed by atoms with Crippen molar-refractivity contribution in [3.05, 3.63) is 23.5 Å². The van der Waals surface area contributed by atoms with E-state index in [1.54, 1.807) is 19.9 Å². The molecule has 1 aliphatic carbocycles. The van der Waals surface area contributed by atoms with Crippen molar-refractivity contribution in [3.63, 3.8) is 0 Å². The topological polar surface area (TPSA) is 192 Å². The number of aliphatic carboxylic acids is 1. The number of rotatable bonds is 11. The molecule has 12 heteroatoms. The molecule has 0 aromatic carbocycles. The summed E-state index contributed by atoms with van der Waals surface area (Å²) < 4.78 is 22.8. The molecule has 6 N–H and O–H groups in total. The molecule has 1 saturated carbocycles. The number of hydrogen-bond donors (Lipinski definition) is 6. The van der Waals surface area contributed by atoms with Crippen molar-refractivity contribution in [2.45, 2.75) is 95.5 Å². The summed E-state index contributed by atoms with van der Waals surface area (Å²) in [7, 11) is 0. The first-order chi connectivity index (χ1) is 17.9. The summed E-state index contributed by atoms with van der Waals surface area (Å²) in [5.74, 6) is -2.85. The maximum Gasteiger partial charge on any atom is 0.334 e. The average molecular weight is 545 g/mol. The molecule has 2 aliphatic heterocycles. The number of carboxylic acids is 1. The molecule has 0 radical (unpaired) electrons. The second kappa shape index (κ2) is 12.9. The highest BCUT2D eigenvalue weighted by Crippen LogP contribution is 2.51.